The molecule has 0 aliphatic rings. The van der Waals surface area contributed by atoms with Gasteiger partial charge in [0, 0.05) is 21.6 Å². The molecule has 0 fully saturated rings. The van der Waals surface area contributed by atoms with E-state index in [4.69, 9.17) is 0 Å². The number of aromatic nitrogens is 2. The van der Waals surface area contributed by atoms with Crippen LogP contribution in [-0.4, -0.2) is 16.5 Å². The van der Waals surface area contributed by atoms with Gasteiger partial charge < -0.3 is 0 Å². The number of carbonyl (C=O) groups excluding carboxylic acids is 1. The monoisotopic (exact) mass is 260 g/mol. The minimum Gasteiger partial charge on any atom is -0.296 e. The molecule has 0 aliphatic carbocycles. The third-order valence-corrected chi connectivity index (χ3v) is 3.88. The smallest absolute Gasteiger partial charge is 0.168 e. The summed E-state index contributed by atoms with van der Waals surface area (Å²) >= 11 is 1.60. The lowest BCUT2D eigenvalue weighted by molar-refractivity contribution is 0.111. The van der Waals surface area contributed by atoms with E-state index in [1.807, 2.05) is 6.07 Å². The number of rotatable bonds is 3. The van der Waals surface area contributed by atoms with Crippen molar-refractivity contribution >= 4 is 27.7 Å². The van der Waals surface area contributed by atoms with Crippen molar-refractivity contribution < 1.29 is 9.18 Å². The number of nitrogens with one attached hydrogen (secondary N) is 1. The SMILES string of the molecule is O=Cc1[nH]ncc1Cc1cc2cc(F)ccc2s1. The van der Waals surface area contributed by atoms with Crippen LogP contribution < -0.4 is 0 Å². The normalized spacial score (nSPS) is 10.9. The molecule has 0 bridgehead atoms. The first-order valence-corrected chi connectivity index (χ1v) is 6.23. The molecule has 0 atom stereocenters. The number of nitrogens with zero attached hydrogens (tertiary/aromatic N) is 1. The van der Waals surface area contributed by atoms with E-state index in [9.17, 15) is 9.18 Å². The molecule has 5 heteroatoms. The summed E-state index contributed by atoms with van der Waals surface area (Å²) in [4.78, 5) is 11.9. The molecule has 3 rings (SSSR count). The van der Waals surface area contributed by atoms with E-state index in [0.29, 0.717) is 12.1 Å². The molecule has 0 unspecified atom stereocenters. The highest BCUT2D eigenvalue weighted by Crippen LogP contribution is 2.28. The van der Waals surface area contributed by atoms with Crippen molar-refractivity contribution in [1.29, 1.82) is 0 Å². The minimum absolute atomic E-state index is 0.233. The number of fused-ring (bicyclic) bond motifs is 1. The highest BCUT2D eigenvalue weighted by molar-refractivity contribution is 7.19. The average molecular weight is 260 g/mol. The Morgan fingerprint density at radius 1 is 1.39 bits per heavy atom. The van der Waals surface area contributed by atoms with Crippen LogP contribution >= 0.6 is 11.3 Å². The topological polar surface area (TPSA) is 45.8 Å². The Hall–Kier alpha value is -2.01. The molecule has 2 heterocycles. The lowest BCUT2D eigenvalue weighted by Gasteiger charge is -1.93. The first kappa shape index (κ1) is 11.1. The highest BCUT2D eigenvalue weighted by Gasteiger charge is 2.08. The van der Waals surface area contributed by atoms with Crippen LogP contribution in [0.5, 0.6) is 0 Å². The van der Waals surface area contributed by atoms with E-state index in [2.05, 4.69) is 10.2 Å². The molecule has 2 aromatic heterocycles. The molecule has 3 nitrogen and oxygen atoms in total. The number of aldehydes is 1. The van der Waals surface area contributed by atoms with Crippen molar-refractivity contribution in [3.05, 3.63) is 52.4 Å². The van der Waals surface area contributed by atoms with Crippen molar-refractivity contribution in [2.24, 2.45) is 0 Å². The maximum Gasteiger partial charge on any atom is 0.168 e. The predicted octanol–water partition coefficient (Wildman–Crippen LogP) is 3.17. The van der Waals surface area contributed by atoms with Gasteiger partial charge in [0.1, 0.15) is 11.5 Å². The average Bonchev–Trinajstić information content (AvgIpc) is 2.94. The van der Waals surface area contributed by atoms with Gasteiger partial charge in [-0.1, -0.05) is 0 Å². The van der Waals surface area contributed by atoms with Gasteiger partial charge in [0.05, 0.1) is 6.20 Å². The first-order valence-electron chi connectivity index (χ1n) is 5.41. The molecule has 18 heavy (non-hydrogen) atoms. The predicted molar refractivity (Wildman–Crippen MR) is 68.6 cm³/mol. The fourth-order valence-corrected chi connectivity index (χ4v) is 2.98. The van der Waals surface area contributed by atoms with Gasteiger partial charge >= 0.3 is 0 Å². The van der Waals surface area contributed by atoms with Crippen molar-refractivity contribution in [2.45, 2.75) is 6.42 Å². The summed E-state index contributed by atoms with van der Waals surface area (Å²) in [5.74, 6) is -0.233. The Kier molecular flexibility index (Phi) is 2.68. The Bertz CT molecular complexity index is 717. The zero-order valence-corrected chi connectivity index (χ0v) is 10.1. The number of carbonyl (C=O) groups is 1. The molecule has 0 radical (unpaired) electrons. The number of halogens is 1. The maximum absolute atomic E-state index is 13.1. The van der Waals surface area contributed by atoms with Gasteiger partial charge in [0.2, 0.25) is 0 Å². The molecule has 1 aromatic carbocycles. The Morgan fingerprint density at radius 2 is 2.28 bits per heavy atom. The van der Waals surface area contributed by atoms with E-state index in [1.54, 1.807) is 23.6 Å². The summed E-state index contributed by atoms with van der Waals surface area (Å²) in [6.45, 7) is 0. The van der Waals surface area contributed by atoms with Gasteiger partial charge in [-0.2, -0.15) is 5.10 Å². The summed E-state index contributed by atoms with van der Waals surface area (Å²) in [6.07, 6.45) is 3.04. The third kappa shape index (κ3) is 1.93. The largest absolute Gasteiger partial charge is 0.296 e. The number of H-pyrrole nitrogens is 1. The zero-order valence-electron chi connectivity index (χ0n) is 9.31. The van der Waals surface area contributed by atoms with Crippen LogP contribution in [0.25, 0.3) is 10.1 Å². The number of aromatic amines is 1. The summed E-state index contributed by atoms with van der Waals surface area (Å²) in [7, 11) is 0. The maximum atomic E-state index is 13.1. The van der Waals surface area contributed by atoms with Crippen molar-refractivity contribution in [2.75, 3.05) is 0 Å². The van der Waals surface area contributed by atoms with Crippen LogP contribution in [0.3, 0.4) is 0 Å². The fraction of sp³-hybridized carbons (Fsp3) is 0.0769. The summed E-state index contributed by atoms with van der Waals surface area (Å²) in [6, 6.07) is 6.70. The van der Waals surface area contributed by atoms with E-state index in [-0.39, 0.29) is 5.82 Å². The van der Waals surface area contributed by atoms with Gasteiger partial charge in [-0.05, 0) is 29.7 Å². The molecule has 0 saturated carbocycles. The van der Waals surface area contributed by atoms with E-state index in [0.717, 1.165) is 26.8 Å². The third-order valence-electron chi connectivity index (χ3n) is 2.76. The molecule has 0 spiro atoms. The number of hydrogen-bond donors (Lipinski definition) is 1. The molecular weight excluding hydrogens is 251 g/mol. The summed E-state index contributed by atoms with van der Waals surface area (Å²) < 4.78 is 14.1. The summed E-state index contributed by atoms with van der Waals surface area (Å²) in [5.41, 5.74) is 1.36. The Morgan fingerprint density at radius 3 is 3.11 bits per heavy atom. The Labute approximate surface area is 106 Å². The molecular formula is C13H9FN2OS. The van der Waals surface area contributed by atoms with Crippen molar-refractivity contribution in [3.8, 4) is 0 Å². The lowest BCUT2D eigenvalue weighted by Crippen LogP contribution is -1.89. The molecule has 0 saturated heterocycles. The lowest BCUT2D eigenvalue weighted by atomic mass is 10.1. The van der Waals surface area contributed by atoms with Crippen LogP contribution in [0.4, 0.5) is 4.39 Å². The van der Waals surface area contributed by atoms with Gasteiger partial charge in [-0.3, -0.25) is 9.89 Å². The van der Waals surface area contributed by atoms with Gasteiger partial charge in [-0.15, -0.1) is 11.3 Å². The van der Waals surface area contributed by atoms with Crippen LogP contribution in [0.2, 0.25) is 0 Å². The van der Waals surface area contributed by atoms with Gasteiger partial charge in [0.25, 0.3) is 0 Å². The van der Waals surface area contributed by atoms with Crippen molar-refractivity contribution in [1.82, 2.24) is 10.2 Å². The van der Waals surface area contributed by atoms with Crippen LogP contribution in [0.1, 0.15) is 20.9 Å². The second-order valence-electron chi connectivity index (χ2n) is 4.00. The number of benzene rings is 1. The zero-order chi connectivity index (χ0) is 12.5. The fourth-order valence-electron chi connectivity index (χ4n) is 1.91. The quantitative estimate of drug-likeness (QED) is 0.735. The van der Waals surface area contributed by atoms with Gasteiger partial charge in [-0.25, -0.2) is 4.39 Å². The molecule has 1 N–H and O–H groups in total. The van der Waals surface area contributed by atoms with Crippen LogP contribution in [-0.2, 0) is 6.42 Å². The number of hydrogen-bond acceptors (Lipinski definition) is 3. The second kappa shape index (κ2) is 4.34. The summed E-state index contributed by atoms with van der Waals surface area (Å²) in [5, 5.41) is 7.39. The van der Waals surface area contributed by atoms with E-state index < -0.39 is 0 Å². The molecule has 0 amide bonds. The second-order valence-corrected chi connectivity index (χ2v) is 5.17. The molecule has 90 valence electrons. The standard InChI is InChI=1S/C13H9FN2OS/c14-10-1-2-13-8(3-10)4-11(18-13)5-9-6-15-16-12(9)7-17/h1-4,6-7H,5H2,(H,15,16). The van der Waals surface area contributed by atoms with Gasteiger partial charge in [0.15, 0.2) is 6.29 Å². The minimum atomic E-state index is -0.233. The molecule has 3 aromatic rings. The van der Waals surface area contributed by atoms with Crippen molar-refractivity contribution in [3.63, 3.8) is 0 Å². The Balaban J connectivity index is 1.98. The first-order chi connectivity index (χ1) is 8.76. The van der Waals surface area contributed by atoms with Crippen LogP contribution in [0.15, 0.2) is 30.5 Å². The van der Waals surface area contributed by atoms with E-state index >= 15 is 0 Å². The molecule has 0 aliphatic heterocycles. The van der Waals surface area contributed by atoms with Crippen LogP contribution in [0, 0.1) is 5.82 Å². The highest BCUT2D eigenvalue weighted by atomic mass is 32.1. The number of thiophene rings is 1. The van der Waals surface area contributed by atoms with E-state index in [1.165, 1.54) is 12.1 Å².